The molecule has 0 fully saturated rings. The molecule has 28 heavy (non-hydrogen) atoms. The van der Waals surface area contributed by atoms with Gasteiger partial charge in [0.05, 0.1) is 4.90 Å². The zero-order valence-electron chi connectivity index (χ0n) is 13.7. The van der Waals surface area contributed by atoms with Crippen LogP contribution in [-0.2, 0) is 16.2 Å². The van der Waals surface area contributed by atoms with Gasteiger partial charge in [-0.25, -0.2) is 23.1 Å². The van der Waals surface area contributed by atoms with Gasteiger partial charge in [0.1, 0.15) is 5.69 Å². The van der Waals surface area contributed by atoms with E-state index >= 15 is 0 Å². The average molecular weight is 412 g/mol. The van der Waals surface area contributed by atoms with Crippen LogP contribution in [0.2, 0.25) is 0 Å². The number of rotatable bonds is 5. The van der Waals surface area contributed by atoms with Crippen molar-refractivity contribution >= 4 is 27.6 Å². The first-order chi connectivity index (χ1) is 13.1. The van der Waals surface area contributed by atoms with Crippen LogP contribution in [0.4, 0.5) is 24.8 Å². The van der Waals surface area contributed by atoms with Gasteiger partial charge in [-0.1, -0.05) is 0 Å². The van der Waals surface area contributed by atoms with Crippen molar-refractivity contribution in [3.63, 3.8) is 0 Å². The monoisotopic (exact) mass is 412 g/mol. The smallest absolute Gasteiger partial charge is 0.321 e. The number of H-pyrrole nitrogens is 1. The normalized spacial score (nSPS) is 11.8. The number of nitrogens with one attached hydrogen (secondary N) is 3. The molecular weight excluding hydrogens is 401 g/mol. The number of aromatic amines is 1. The van der Waals surface area contributed by atoms with Crippen LogP contribution in [0, 0.1) is 0 Å². The Hall–Kier alpha value is -3.48. The van der Waals surface area contributed by atoms with Crippen molar-refractivity contribution in [2.45, 2.75) is 11.1 Å². The number of aromatic nitrogens is 4. The second-order valence-electron chi connectivity index (χ2n) is 5.32. The minimum absolute atomic E-state index is 0.112. The van der Waals surface area contributed by atoms with E-state index in [1.165, 1.54) is 42.7 Å². The van der Waals surface area contributed by atoms with Crippen LogP contribution in [0.1, 0.15) is 16.2 Å². The van der Waals surface area contributed by atoms with E-state index in [-0.39, 0.29) is 16.5 Å². The van der Waals surface area contributed by atoms with Crippen molar-refractivity contribution in [2.75, 3.05) is 10.0 Å². The Morgan fingerprint density at radius 2 is 1.71 bits per heavy atom. The van der Waals surface area contributed by atoms with Crippen molar-refractivity contribution < 1.29 is 26.4 Å². The molecule has 0 saturated heterocycles. The molecule has 9 nitrogen and oxygen atoms in total. The number of sulfonamides is 1. The summed E-state index contributed by atoms with van der Waals surface area (Å²) in [5, 5.41) is 7.36. The summed E-state index contributed by atoms with van der Waals surface area (Å²) in [6.07, 6.45) is -1.93. The summed E-state index contributed by atoms with van der Waals surface area (Å²) in [5.41, 5.74) is -1.46. The van der Waals surface area contributed by atoms with Crippen LogP contribution in [0.3, 0.4) is 0 Å². The lowest BCUT2D eigenvalue weighted by Crippen LogP contribution is -2.15. The third kappa shape index (κ3) is 4.43. The van der Waals surface area contributed by atoms with E-state index < -0.39 is 33.5 Å². The molecule has 3 N–H and O–H groups in total. The Kier molecular flexibility index (Phi) is 5.00. The summed E-state index contributed by atoms with van der Waals surface area (Å²) in [4.78, 5) is 19.3. The highest BCUT2D eigenvalue weighted by atomic mass is 32.2. The van der Waals surface area contributed by atoms with Crippen molar-refractivity contribution in [1.82, 2.24) is 20.2 Å². The van der Waals surface area contributed by atoms with Gasteiger partial charge in [0.15, 0.2) is 5.69 Å². The molecule has 3 aromatic rings. The molecule has 13 heteroatoms. The lowest BCUT2D eigenvalue weighted by molar-refractivity contribution is -0.141. The summed E-state index contributed by atoms with van der Waals surface area (Å²) in [6.45, 7) is 0. The largest absolute Gasteiger partial charge is 0.432 e. The predicted molar refractivity (Wildman–Crippen MR) is 90.8 cm³/mol. The van der Waals surface area contributed by atoms with Crippen molar-refractivity contribution in [2.24, 2.45) is 0 Å². The Labute approximate surface area is 156 Å². The van der Waals surface area contributed by atoms with Crippen LogP contribution in [-0.4, -0.2) is 34.5 Å². The summed E-state index contributed by atoms with van der Waals surface area (Å²) in [6, 6.07) is 7.04. The molecule has 0 radical (unpaired) electrons. The third-order valence-electron chi connectivity index (χ3n) is 3.33. The first-order valence-electron chi connectivity index (χ1n) is 7.49. The number of hydrogen-bond acceptors (Lipinski definition) is 6. The van der Waals surface area contributed by atoms with Crippen molar-refractivity contribution in [3.8, 4) is 0 Å². The van der Waals surface area contributed by atoms with E-state index in [1.807, 2.05) is 0 Å². The molecule has 146 valence electrons. The summed E-state index contributed by atoms with van der Waals surface area (Å²) >= 11 is 0. The second-order valence-corrected chi connectivity index (χ2v) is 7.00. The number of anilines is 2. The fraction of sp³-hybridized carbons (Fsp3) is 0.0667. The maximum absolute atomic E-state index is 12.5. The molecule has 0 spiro atoms. The summed E-state index contributed by atoms with van der Waals surface area (Å²) in [7, 11) is -3.95. The van der Waals surface area contributed by atoms with Gasteiger partial charge in [-0.3, -0.25) is 9.89 Å². The molecule has 0 aliphatic carbocycles. The molecule has 3 rings (SSSR count). The van der Waals surface area contributed by atoms with Gasteiger partial charge in [-0.2, -0.15) is 18.3 Å². The van der Waals surface area contributed by atoms with Gasteiger partial charge in [-0.05, 0) is 30.3 Å². The lowest BCUT2D eigenvalue weighted by atomic mass is 10.3. The number of halogens is 3. The van der Waals surface area contributed by atoms with Crippen LogP contribution >= 0.6 is 0 Å². The predicted octanol–water partition coefficient (Wildman–Crippen LogP) is 2.27. The third-order valence-corrected chi connectivity index (χ3v) is 4.67. The first-order valence-corrected chi connectivity index (χ1v) is 8.97. The fourth-order valence-electron chi connectivity index (χ4n) is 2.03. The van der Waals surface area contributed by atoms with Crippen molar-refractivity contribution in [1.29, 1.82) is 0 Å². The Balaban J connectivity index is 1.70. The topological polar surface area (TPSA) is 130 Å². The maximum atomic E-state index is 12.5. The van der Waals surface area contributed by atoms with Crippen LogP contribution < -0.4 is 10.0 Å². The van der Waals surface area contributed by atoms with Gasteiger partial charge < -0.3 is 5.32 Å². The zero-order chi connectivity index (χ0) is 20.4. The number of alkyl halides is 3. The minimum atomic E-state index is -4.66. The number of carbonyl (C=O) groups is 1. The fourth-order valence-corrected chi connectivity index (χ4v) is 2.98. The molecular formula is C15H11F3N6O3S. The maximum Gasteiger partial charge on any atom is 0.432 e. The average Bonchev–Trinajstić information content (AvgIpc) is 3.13. The van der Waals surface area contributed by atoms with Gasteiger partial charge in [0, 0.05) is 24.1 Å². The van der Waals surface area contributed by atoms with Crippen LogP contribution in [0.5, 0.6) is 0 Å². The van der Waals surface area contributed by atoms with E-state index in [4.69, 9.17) is 0 Å². The van der Waals surface area contributed by atoms with Crippen molar-refractivity contribution in [3.05, 3.63) is 60.2 Å². The molecule has 0 unspecified atom stereocenters. The van der Waals surface area contributed by atoms with E-state index in [0.717, 1.165) is 0 Å². The molecule has 0 bridgehead atoms. The molecule has 0 saturated carbocycles. The SMILES string of the molecule is O=C(Nc1ccc(S(=O)(=O)Nc2ncccn2)cc1)c1cc(C(F)(F)F)[nH]n1. The number of carbonyl (C=O) groups excluding carboxylic acids is 1. The van der Waals surface area contributed by atoms with Gasteiger partial charge in [0.2, 0.25) is 5.95 Å². The minimum Gasteiger partial charge on any atom is -0.321 e. The first kappa shape index (κ1) is 19.3. The standard InChI is InChI=1S/C15H11F3N6O3S/c16-15(17,18)12-8-11(22-23-12)13(25)21-9-2-4-10(5-3-9)28(26,27)24-14-19-6-1-7-20-14/h1-8H,(H,21,25)(H,22,23)(H,19,20,24). The highest BCUT2D eigenvalue weighted by Crippen LogP contribution is 2.27. The van der Waals surface area contributed by atoms with Gasteiger partial charge >= 0.3 is 6.18 Å². The molecule has 1 amide bonds. The molecule has 2 heterocycles. The second kappa shape index (κ2) is 7.26. The molecule has 0 aliphatic heterocycles. The zero-order valence-corrected chi connectivity index (χ0v) is 14.5. The van der Waals surface area contributed by atoms with E-state index in [9.17, 15) is 26.4 Å². The van der Waals surface area contributed by atoms with Gasteiger partial charge in [-0.15, -0.1) is 0 Å². The number of benzene rings is 1. The van der Waals surface area contributed by atoms with E-state index in [1.54, 1.807) is 5.10 Å². The highest BCUT2D eigenvalue weighted by molar-refractivity contribution is 7.92. The molecule has 2 aromatic heterocycles. The Morgan fingerprint density at radius 3 is 2.29 bits per heavy atom. The summed E-state index contributed by atoms with van der Waals surface area (Å²) < 4.78 is 64.3. The summed E-state index contributed by atoms with van der Waals surface area (Å²) in [5.74, 6) is -1.00. The molecule has 0 aliphatic rings. The van der Waals surface area contributed by atoms with E-state index in [2.05, 4.69) is 25.1 Å². The number of hydrogen-bond donors (Lipinski definition) is 3. The number of amides is 1. The lowest BCUT2D eigenvalue weighted by Gasteiger charge is -2.08. The molecule has 1 aromatic carbocycles. The van der Waals surface area contributed by atoms with Crippen LogP contribution in [0.25, 0.3) is 0 Å². The Bertz CT molecular complexity index is 1080. The van der Waals surface area contributed by atoms with Gasteiger partial charge in [0.25, 0.3) is 15.9 Å². The van der Waals surface area contributed by atoms with Crippen LogP contribution in [0.15, 0.2) is 53.7 Å². The highest BCUT2D eigenvalue weighted by Gasteiger charge is 2.33. The Morgan fingerprint density at radius 1 is 1.07 bits per heavy atom. The number of nitrogens with zero attached hydrogens (tertiary/aromatic N) is 3. The molecule has 0 atom stereocenters. The quantitative estimate of drug-likeness (QED) is 0.590. The van der Waals surface area contributed by atoms with E-state index in [0.29, 0.717) is 6.07 Å².